The number of aliphatic carboxylic acids is 1. The van der Waals surface area contributed by atoms with Crippen LogP contribution in [0.3, 0.4) is 0 Å². The number of nitrogens with zero attached hydrogens (tertiary/aromatic N) is 3. The van der Waals surface area contributed by atoms with Crippen LogP contribution in [0.25, 0.3) is 0 Å². The number of likely N-dealkylation sites (N-methyl/N-ethyl adjacent to an activating group) is 1. The highest BCUT2D eigenvalue weighted by molar-refractivity contribution is 7.13. The lowest BCUT2D eigenvalue weighted by molar-refractivity contribution is -0.137. The molecular weight excluding hydrogens is 266 g/mol. The third-order valence-electron chi connectivity index (χ3n) is 2.53. The molecule has 1 aromatic rings. The van der Waals surface area contributed by atoms with Crippen LogP contribution in [0.4, 0.5) is 0 Å². The average Bonchev–Trinajstić information content (AvgIpc) is 2.62. The number of carboxylic acid groups (broad SMARTS) is 1. The molecule has 1 heterocycles. The topological polar surface area (TPSA) is 73.7 Å². The molecule has 19 heavy (non-hydrogen) atoms. The van der Waals surface area contributed by atoms with E-state index in [9.17, 15) is 9.59 Å². The van der Waals surface area contributed by atoms with Crippen molar-refractivity contribution in [1.29, 1.82) is 0 Å². The molecule has 0 saturated heterocycles. The molecule has 1 rings (SSSR count). The third-order valence-corrected chi connectivity index (χ3v) is 3.59. The standard InChI is InChI=1S/C12H19N3O3S/c1-8-11(19-9(2)13-8)12(18)15(7-10(16)17)6-5-14(3)4/h5-7H2,1-4H3,(H,16,17). The van der Waals surface area contributed by atoms with Crippen molar-refractivity contribution in [3.05, 3.63) is 15.6 Å². The van der Waals surface area contributed by atoms with Crippen molar-refractivity contribution in [3.63, 3.8) is 0 Å². The molecule has 0 aliphatic carbocycles. The van der Waals surface area contributed by atoms with Crippen molar-refractivity contribution in [2.24, 2.45) is 0 Å². The van der Waals surface area contributed by atoms with Crippen molar-refractivity contribution in [2.75, 3.05) is 33.7 Å². The minimum Gasteiger partial charge on any atom is -0.480 e. The molecule has 0 aromatic carbocycles. The Bertz CT molecular complexity index is 471. The van der Waals surface area contributed by atoms with Crippen LogP contribution in [0.2, 0.25) is 0 Å². The summed E-state index contributed by atoms with van der Waals surface area (Å²) in [4.78, 5) is 31.2. The quantitative estimate of drug-likeness (QED) is 0.838. The largest absolute Gasteiger partial charge is 0.480 e. The molecular formula is C12H19N3O3S. The highest BCUT2D eigenvalue weighted by atomic mass is 32.1. The lowest BCUT2D eigenvalue weighted by atomic mass is 10.3. The number of carbonyl (C=O) groups excluding carboxylic acids is 1. The van der Waals surface area contributed by atoms with Crippen LogP contribution in [-0.4, -0.2) is 65.5 Å². The first kappa shape index (κ1) is 15.6. The van der Waals surface area contributed by atoms with Crippen molar-refractivity contribution < 1.29 is 14.7 Å². The predicted octanol–water partition coefficient (Wildman–Crippen LogP) is 0.848. The van der Waals surface area contributed by atoms with Gasteiger partial charge in [0.1, 0.15) is 11.4 Å². The van der Waals surface area contributed by atoms with Gasteiger partial charge in [-0.25, -0.2) is 4.98 Å². The summed E-state index contributed by atoms with van der Waals surface area (Å²) in [5.41, 5.74) is 0.660. The van der Waals surface area contributed by atoms with Crippen molar-refractivity contribution in [1.82, 2.24) is 14.8 Å². The highest BCUT2D eigenvalue weighted by Gasteiger charge is 2.22. The first-order valence-corrected chi connectivity index (χ1v) is 6.72. The monoisotopic (exact) mass is 285 g/mol. The minimum absolute atomic E-state index is 0.257. The van der Waals surface area contributed by atoms with Gasteiger partial charge < -0.3 is 14.9 Å². The van der Waals surface area contributed by atoms with Gasteiger partial charge >= 0.3 is 5.97 Å². The molecule has 0 radical (unpaired) electrons. The van der Waals surface area contributed by atoms with Crippen molar-refractivity contribution >= 4 is 23.2 Å². The van der Waals surface area contributed by atoms with E-state index in [0.717, 1.165) is 5.01 Å². The number of hydrogen-bond acceptors (Lipinski definition) is 5. The molecule has 7 heteroatoms. The summed E-state index contributed by atoms with van der Waals surface area (Å²) >= 11 is 1.30. The zero-order chi connectivity index (χ0) is 14.6. The number of hydrogen-bond donors (Lipinski definition) is 1. The van der Waals surface area contributed by atoms with E-state index in [4.69, 9.17) is 5.11 Å². The first-order chi connectivity index (χ1) is 8.81. The molecule has 0 fully saturated rings. The van der Waals surface area contributed by atoms with Crippen LogP contribution in [0, 0.1) is 13.8 Å². The normalized spacial score (nSPS) is 10.8. The average molecular weight is 285 g/mol. The van der Waals surface area contributed by atoms with E-state index < -0.39 is 5.97 Å². The zero-order valence-corrected chi connectivity index (χ0v) is 12.5. The molecule has 0 unspecified atom stereocenters. The lowest BCUT2D eigenvalue weighted by Crippen LogP contribution is -2.39. The molecule has 0 aliphatic rings. The summed E-state index contributed by atoms with van der Waals surface area (Å²) in [7, 11) is 3.76. The molecule has 1 amide bonds. The number of carboxylic acids is 1. The number of amides is 1. The number of rotatable bonds is 6. The van der Waals surface area contributed by atoms with Gasteiger partial charge in [0.05, 0.1) is 10.7 Å². The first-order valence-electron chi connectivity index (χ1n) is 5.91. The van der Waals surface area contributed by atoms with Gasteiger partial charge in [0.25, 0.3) is 5.91 Å². The van der Waals surface area contributed by atoms with Crippen LogP contribution < -0.4 is 0 Å². The summed E-state index contributed by atoms with van der Waals surface area (Å²) in [5, 5.41) is 9.71. The van der Waals surface area contributed by atoms with Crippen LogP contribution in [0.1, 0.15) is 20.4 Å². The number of aromatic nitrogens is 1. The Hall–Kier alpha value is -1.47. The molecule has 1 aromatic heterocycles. The van der Waals surface area contributed by atoms with E-state index in [1.807, 2.05) is 25.9 Å². The maximum Gasteiger partial charge on any atom is 0.323 e. The fourth-order valence-electron chi connectivity index (χ4n) is 1.61. The fourth-order valence-corrected chi connectivity index (χ4v) is 2.50. The molecule has 6 nitrogen and oxygen atoms in total. The molecule has 1 N–H and O–H groups in total. The second-order valence-electron chi connectivity index (χ2n) is 4.57. The van der Waals surface area contributed by atoms with Gasteiger partial charge in [0.2, 0.25) is 0 Å². The van der Waals surface area contributed by atoms with Gasteiger partial charge in [0.15, 0.2) is 0 Å². The molecule has 0 atom stereocenters. The summed E-state index contributed by atoms with van der Waals surface area (Å²) in [6.45, 7) is 4.31. The Labute approximate surface area is 116 Å². The number of thiazole rings is 1. The van der Waals surface area contributed by atoms with E-state index in [1.165, 1.54) is 16.2 Å². The maximum absolute atomic E-state index is 12.3. The Morgan fingerprint density at radius 3 is 2.32 bits per heavy atom. The van der Waals surface area contributed by atoms with Gasteiger partial charge in [-0.2, -0.15) is 0 Å². The summed E-state index contributed by atoms with van der Waals surface area (Å²) in [6.07, 6.45) is 0. The molecule has 0 aliphatic heterocycles. The molecule has 106 valence electrons. The number of carbonyl (C=O) groups is 2. The van der Waals surface area contributed by atoms with Crippen LogP contribution in [0.15, 0.2) is 0 Å². The highest BCUT2D eigenvalue weighted by Crippen LogP contribution is 2.19. The van der Waals surface area contributed by atoms with Gasteiger partial charge in [0, 0.05) is 13.1 Å². The fraction of sp³-hybridized carbons (Fsp3) is 0.583. The van der Waals surface area contributed by atoms with E-state index >= 15 is 0 Å². The molecule has 0 bridgehead atoms. The summed E-state index contributed by atoms with van der Waals surface area (Å²) < 4.78 is 0. The van der Waals surface area contributed by atoms with Gasteiger partial charge in [-0.15, -0.1) is 11.3 Å². The Morgan fingerprint density at radius 1 is 1.26 bits per heavy atom. The summed E-state index contributed by atoms with van der Waals surface area (Å²) in [6, 6.07) is 0. The zero-order valence-electron chi connectivity index (χ0n) is 11.6. The van der Waals surface area contributed by atoms with Crippen LogP contribution in [0.5, 0.6) is 0 Å². The lowest BCUT2D eigenvalue weighted by Gasteiger charge is -2.22. The minimum atomic E-state index is -1.01. The SMILES string of the molecule is Cc1nc(C)c(C(=O)N(CCN(C)C)CC(=O)O)s1. The molecule has 0 spiro atoms. The predicted molar refractivity (Wildman–Crippen MR) is 73.7 cm³/mol. The third kappa shape index (κ3) is 4.60. The van der Waals surface area contributed by atoms with Gasteiger partial charge in [-0.1, -0.05) is 0 Å². The summed E-state index contributed by atoms with van der Waals surface area (Å²) in [5.74, 6) is -1.27. The van der Waals surface area contributed by atoms with Crippen molar-refractivity contribution in [2.45, 2.75) is 13.8 Å². The van der Waals surface area contributed by atoms with Crippen LogP contribution in [-0.2, 0) is 4.79 Å². The van der Waals surface area contributed by atoms with E-state index in [2.05, 4.69) is 4.98 Å². The number of aryl methyl sites for hydroxylation is 2. The Kier molecular flexibility index (Phi) is 5.44. The Balaban J connectivity index is 2.87. The second-order valence-corrected chi connectivity index (χ2v) is 5.77. The van der Waals surface area contributed by atoms with E-state index in [-0.39, 0.29) is 12.5 Å². The van der Waals surface area contributed by atoms with E-state index in [0.29, 0.717) is 23.7 Å². The van der Waals surface area contributed by atoms with Crippen LogP contribution >= 0.6 is 11.3 Å². The smallest absolute Gasteiger partial charge is 0.323 e. The maximum atomic E-state index is 12.3. The van der Waals surface area contributed by atoms with Gasteiger partial charge in [-0.05, 0) is 27.9 Å². The van der Waals surface area contributed by atoms with Gasteiger partial charge in [-0.3, -0.25) is 9.59 Å². The second kappa shape index (κ2) is 6.63. The Morgan fingerprint density at radius 2 is 1.89 bits per heavy atom. The van der Waals surface area contributed by atoms with E-state index in [1.54, 1.807) is 6.92 Å². The van der Waals surface area contributed by atoms with Crippen molar-refractivity contribution in [3.8, 4) is 0 Å². The molecule has 0 saturated carbocycles.